The van der Waals surface area contributed by atoms with E-state index in [0.29, 0.717) is 6.04 Å². The van der Waals surface area contributed by atoms with Crippen LogP contribution in [0.5, 0.6) is 0 Å². The van der Waals surface area contributed by atoms with Crippen molar-refractivity contribution in [3.05, 3.63) is 24.6 Å². The minimum atomic E-state index is -1.44. The van der Waals surface area contributed by atoms with Crippen LogP contribution < -0.4 is 10.6 Å². The molecule has 2 amide bonds. The first-order chi connectivity index (χ1) is 11.1. The van der Waals surface area contributed by atoms with Gasteiger partial charge in [-0.05, 0) is 25.0 Å². The molecule has 0 unspecified atom stereocenters. The molecule has 7 nitrogen and oxygen atoms in total. The van der Waals surface area contributed by atoms with Gasteiger partial charge in [0.2, 0.25) is 11.8 Å². The molecule has 0 saturated heterocycles. The highest BCUT2D eigenvalue weighted by atomic mass is 16.3. The van der Waals surface area contributed by atoms with Gasteiger partial charge in [-0.2, -0.15) is 0 Å². The quantitative estimate of drug-likeness (QED) is 0.472. The summed E-state index contributed by atoms with van der Waals surface area (Å²) in [7, 11) is 0. The van der Waals surface area contributed by atoms with Crippen LogP contribution >= 0.6 is 0 Å². The summed E-state index contributed by atoms with van der Waals surface area (Å²) >= 11 is 0. The Balaban J connectivity index is 2.15. The van der Waals surface area contributed by atoms with Gasteiger partial charge < -0.3 is 25.7 Å². The van der Waals surface area contributed by atoms with E-state index in [1.807, 2.05) is 4.90 Å². The minimum absolute atomic E-state index is 0.0852. The van der Waals surface area contributed by atoms with Crippen molar-refractivity contribution in [1.82, 2.24) is 15.5 Å². The number of hydrogen-bond acceptors (Lipinski definition) is 5. The summed E-state index contributed by atoms with van der Waals surface area (Å²) in [6.07, 6.45) is 11.4. The molecule has 2 aliphatic rings. The van der Waals surface area contributed by atoms with Gasteiger partial charge in [0.15, 0.2) is 5.41 Å². The van der Waals surface area contributed by atoms with E-state index in [9.17, 15) is 9.59 Å². The third kappa shape index (κ3) is 3.92. The highest BCUT2D eigenvalue weighted by Gasteiger charge is 2.43. The normalized spacial score (nSPS) is 19.8. The molecule has 0 bridgehead atoms. The molecule has 0 radical (unpaired) electrons. The van der Waals surface area contributed by atoms with Crippen LogP contribution in [0.4, 0.5) is 0 Å². The standard InChI is InChI=1S/C16H25N3O4/c20-11-7-17-14(22)16(15(23)18-8-12-21)5-9-19(10-6-16)13-3-1-2-4-13/h5-6,9-10,13,20-21H,1-4,7-8,11-12H2,(H,17,22)(H,18,23). The molecule has 1 saturated carbocycles. The summed E-state index contributed by atoms with van der Waals surface area (Å²) in [6, 6.07) is 0.418. The van der Waals surface area contributed by atoms with E-state index in [1.54, 1.807) is 24.6 Å². The number of nitrogens with zero attached hydrogens (tertiary/aromatic N) is 1. The molecule has 1 aliphatic heterocycles. The molecule has 1 aliphatic carbocycles. The fraction of sp³-hybridized carbons (Fsp3) is 0.625. The molecular weight excluding hydrogens is 298 g/mol. The number of carbonyl (C=O) groups excluding carboxylic acids is 2. The van der Waals surface area contributed by atoms with Gasteiger partial charge in [0.1, 0.15) is 0 Å². The molecule has 0 spiro atoms. The van der Waals surface area contributed by atoms with Gasteiger partial charge >= 0.3 is 0 Å². The minimum Gasteiger partial charge on any atom is -0.395 e. The van der Waals surface area contributed by atoms with Crippen LogP contribution in [-0.2, 0) is 9.59 Å². The lowest BCUT2D eigenvalue weighted by atomic mass is 9.84. The smallest absolute Gasteiger partial charge is 0.243 e. The molecule has 0 aromatic carbocycles. The number of carbonyl (C=O) groups is 2. The average molecular weight is 323 g/mol. The van der Waals surface area contributed by atoms with Crippen LogP contribution in [0.3, 0.4) is 0 Å². The molecule has 128 valence electrons. The van der Waals surface area contributed by atoms with Crippen molar-refractivity contribution < 1.29 is 19.8 Å². The number of aliphatic hydroxyl groups excluding tert-OH is 2. The Morgan fingerprint density at radius 2 is 1.48 bits per heavy atom. The van der Waals surface area contributed by atoms with Crippen LogP contribution in [-0.4, -0.2) is 59.3 Å². The molecule has 7 heteroatoms. The maximum absolute atomic E-state index is 12.4. The first kappa shape index (κ1) is 17.5. The molecule has 0 aromatic rings. The Morgan fingerprint density at radius 3 is 1.91 bits per heavy atom. The third-order valence-electron chi connectivity index (χ3n) is 4.31. The van der Waals surface area contributed by atoms with E-state index in [4.69, 9.17) is 10.2 Å². The zero-order valence-electron chi connectivity index (χ0n) is 13.2. The average Bonchev–Trinajstić information content (AvgIpc) is 3.12. The lowest BCUT2D eigenvalue weighted by Crippen LogP contribution is -2.51. The number of rotatable bonds is 7. The molecular formula is C16H25N3O4. The number of hydrogen-bond donors (Lipinski definition) is 4. The van der Waals surface area contributed by atoms with Gasteiger partial charge in [-0.25, -0.2) is 0 Å². The number of amides is 2. The maximum Gasteiger partial charge on any atom is 0.243 e. The van der Waals surface area contributed by atoms with Crippen molar-refractivity contribution in [2.24, 2.45) is 5.41 Å². The van der Waals surface area contributed by atoms with Gasteiger partial charge in [0.25, 0.3) is 0 Å². The maximum atomic E-state index is 12.4. The fourth-order valence-electron chi connectivity index (χ4n) is 3.00. The van der Waals surface area contributed by atoms with Crippen molar-refractivity contribution in [1.29, 1.82) is 0 Å². The second-order valence-corrected chi connectivity index (χ2v) is 5.85. The van der Waals surface area contributed by atoms with Crippen LogP contribution in [0.1, 0.15) is 25.7 Å². The summed E-state index contributed by atoms with van der Waals surface area (Å²) in [4.78, 5) is 26.9. The molecule has 23 heavy (non-hydrogen) atoms. The summed E-state index contributed by atoms with van der Waals surface area (Å²) < 4.78 is 0. The molecule has 0 aromatic heterocycles. The van der Waals surface area contributed by atoms with Gasteiger partial charge in [0, 0.05) is 31.5 Å². The summed E-state index contributed by atoms with van der Waals surface area (Å²) in [6.45, 7) is -0.215. The SMILES string of the molecule is O=C(NCCO)C1(C(=O)NCCO)C=CN(C2CCCC2)C=C1. The Kier molecular flexibility index (Phi) is 6.18. The van der Waals surface area contributed by atoms with Crippen molar-refractivity contribution in [2.45, 2.75) is 31.7 Å². The topological polar surface area (TPSA) is 102 Å². The van der Waals surface area contributed by atoms with E-state index in [2.05, 4.69) is 10.6 Å². The first-order valence-corrected chi connectivity index (χ1v) is 8.08. The fourth-order valence-corrected chi connectivity index (χ4v) is 3.00. The van der Waals surface area contributed by atoms with E-state index < -0.39 is 17.2 Å². The highest BCUT2D eigenvalue weighted by Crippen LogP contribution is 2.31. The van der Waals surface area contributed by atoms with E-state index in [0.717, 1.165) is 12.8 Å². The third-order valence-corrected chi connectivity index (χ3v) is 4.31. The van der Waals surface area contributed by atoms with E-state index in [-0.39, 0.29) is 26.3 Å². The van der Waals surface area contributed by atoms with Crippen molar-refractivity contribution in [2.75, 3.05) is 26.3 Å². The predicted octanol–water partition coefficient (Wildman–Crippen LogP) is -0.525. The molecule has 0 atom stereocenters. The van der Waals surface area contributed by atoms with Crippen LogP contribution in [0.2, 0.25) is 0 Å². The number of nitrogens with one attached hydrogen (secondary N) is 2. The second kappa shape index (κ2) is 8.12. The summed E-state index contributed by atoms with van der Waals surface area (Å²) in [5, 5.41) is 22.8. The Bertz CT molecular complexity index is 448. The van der Waals surface area contributed by atoms with Crippen molar-refractivity contribution in [3.63, 3.8) is 0 Å². The number of aliphatic hydroxyl groups is 2. The van der Waals surface area contributed by atoms with Crippen molar-refractivity contribution in [3.8, 4) is 0 Å². The predicted molar refractivity (Wildman–Crippen MR) is 85.0 cm³/mol. The van der Waals surface area contributed by atoms with Crippen LogP contribution in [0.15, 0.2) is 24.6 Å². The van der Waals surface area contributed by atoms with Gasteiger partial charge in [-0.15, -0.1) is 0 Å². The second-order valence-electron chi connectivity index (χ2n) is 5.85. The van der Waals surface area contributed by atoms with Crippen LogP contribution in [0.25, 0.3) is 0 Å². The largest absolute Gasteiger partial charge is 0.395 e. The lowest BCUT2D eigenvalue weighted by Gasteiger charge is -2.33. The van der Waals surface area contributed by atoms with Gasteiger partial charge in [0.05, 0.1) is 13.2 Å². The Labute approximate surface area is 136 Å². The Morgan fingerprint density at radius 1 is 1.00 bits per heavy atom. The van der Waals surface area contributed by atoms with E-state index in [1.165, 1.54) is 12.8 Å². The zero-order chi connectivity index (χ0) is 16.7. The monoisotopic (exact) mass is 323 g/mol. The van der Waals surface area contributed by atoms with Crippen LogP contribution in [0, 0.1) is 5.41 Å². The Hall–Kier alpha value is -1.86. The lowest BCUT2D eigenvalue weighted by molar-refractivity contribution is -0.137. The first-order valence-electron chi connectivity index (χ1n) is 8.08. The molecule has 2 rings (SSSR count). The van der Waals surface area contributed by atoms with Crippen molar-refractivity contribution >= 4 is 11.8 Å². The summed E-state index contributed by atoms with van der Waals surface area (Å²) in [5.74, 6) is -0.971. The zero-order valence-corrected chi connectivity index (χ0v) is 13.2. The van der Waals surface area contributed by atoms with E-state index >= 15 is 0 Å². The van der Waals surface area contributed by atoms with Gasteiger partial charge in [-0.1, -0.05) is 12.8 Å². The molecule has 4 N–H and O–H groups in total. The highest BCUT2D eigenvalue weighted by molar-refractivity contribution is 6.09. The molecule has 1 heterocycles. The van der Waals surface area contributed by atoms with Gasteiger partial charge in [-0.3, -0.25) is 9.59 Å². The summed E-state index contributed by atoms with van der Waals surface area (Å²) in [5.41, 5.74) is -1.44. The molecule has 1 fully saturated rings.